The predicted molar refractivity (Wildman–Crippen MR) is 204 cm³/mol. The molecule has 2 aromatic carbocycles. The van der Waals surface area contributed by atoms with E-state index in [2.05, 4.69) is 25.5 Å². The second-order valence-electron chi connectivity index (χ2n) is 15.2. The summed E-state index contributed by atoms with van der Waals surface area (Å²) in [7, 11) is -3.89. The third kappa shape index (κ3) is 7.39. The highest BCUT2D eigenvalue weighted by molar-refractivity contribution is 7.91. The van der Waals surface area contributed by atoms with Gasteiger partial charge >= 0.3 is 0 Å². The lowest BCUT2D eigenvalue weighted by atomic mass is 10.0. The number of rotatable bonds is 7. The van der Waals surface area contributed by atoms with Crippen LogP contribution in [-0.4, -0.2) is 83.2 Å². The summed E-state index contributed by atoms with van der Waals surface area (Å²) in [6, 6.07) is 18.8. The Hall–Kier alpha value is -5.37. The number of hydrogen-bond acceptors (Lipinski definition) is 9. The maximum Gasteiger partial charge on any atom is 0.270 e. The zero-order chi connectivity index (χ0) is 38.3. The molecule has 286 valence electrons. The van der Waals surface area contributed by atoms with Crippen molar-refractivity contribution in [2.45, 2.75) is 93.7 Å². The van der Waals surface area contributed by atoms with Crippen molar-refractivity contribution in [3.05, 3.63) is 101 Å². The van der Waals surface area contributed by atoms with Crippen molar-refractivity contribution in [1.82, 2.24) is 25.2 Å². The van der Waals surface area contributed by atoms with Gasteiger partial charge < -0.3 is 20.4 Å². The van der Waals surface area contributed by atoms with E-state index in [9.17, 15) is 27.6 Å². The van der Waals surface area contributed by atoms with E-state index in [-0.39, 0.29) is 25.1 Å². The van der Waals surface area contributed by atoms with Gasteiger partial charge in [0.25, 0.3) is 11.8 Å². The number of carbonyl (C=O) groups excluding carboxylic acids is 4. The summed E-state index contributed by atoms with van der Waals surface area (Å²) in [6.45, 7) is 1.77. The van der Waals surface area contributed by atoms with Crippen LogP contribution in [0.25, 0.3) is 11.1 Å². The number of aryl methyl sites for hydroxylation is 1. The Morgan fingerprint density at radius 1 is 0.927 bits per heavy atom. The predicted octanol–water partition coefficient (Wildman–Crippen LogP) is 3.91. The van der Waals surface area contributed by atoms with Gasteiger partial charge in [0.1, 0.15) is 35.1 Å². The van der Waals surface area contributed by atoms with Gasteiger partial charge in [-0.05, 0) is 68.7 Å². The van der Waals surface area contributed by atoms with Gasteiger partial charge in [0.15, 0.2) is 0 Å². The summed E-state index contributed by atoms with van der Waals surface area (Å²) in [4.78, 5) is 68.2. The number of amides is 4. The summed E-state index contributed by atoms with van der Waals surface area (Å²) >= 11 is 0. The normalized spacial score (nSPS) is 26.9. The second kappa shape index (κ2) is 14.7. The summed E-state index contributed by atoms with van der Waals surface area (Å²) in [5.74, 6) is -2.79. The lowest BCUT2D eigenvalue weighted by Gasteiger charge is -2.29. The third-order valence-corrected chi connectivity index (χ3v) is 13.0. The highest BCUT2D eigenvalue weighted by Crippen LogP contribution is 2.46. The highest BCUT2D eigenvalue weighted by atomic mass is 32.2. The number of aromatic nitrogens is 1. The number of allylic oxidation sites excluding steroid dienone is 1. The fourth-order valence-corrected chi connectivity index (χ4v) is 9.32. The Kier molecular flexibility index (Phi) is 9.78. The molecule has 5 atom stereocenters. The molecule has 0 spiro atoms. The van der Waals surface area contributed by atoms with Gasteiger partial charge in [0, 0.05) is 29.2 Å². The lowest BCUT2D eigenvalue weighted by molar-refractivity contribution is -0.141. The van der Waals surface area contributed by atoms with Crippen molar-refractivity contribution in [3.63, 3.8) is 0 Å². The molecule has 8 rings (SSSR count). The molecule has 2 unspecified atom stereocenters. The van der Waals surface area contributed by atoms with Gasteiger partial charge in [-0.1, -0.05) is 84.7 Å². The van der Waals surface area contributed by atoms with Gasteiger partial charge in [0.05, 0.1) is 11.8 Å². The second-order valence-corrected chi connectivity index (χ2v) is 17.2. The molecule has 3 aliphatic carbocycles. The van der Waals surface area contributed by atoms with Crippen molar-refractivity contribution in [1.29, 1.82) is 0 Å². The number of hydrogen-bond donors (Lipinski definition) is 3. The van der Waals surface area contributed by atoms with Crippen LogP contribution in [0.1, 0.15) is 85.1 Å². The molecule has 1 aromatic heterocycles. The Morgan fingerprint density at radius 3 is 2.33 bits per heavy atom. The first-order valence-electron chi connectivity index (χ1n) is 19.1. The molecule has 1 saturated heterocycles. The first kappa shape index (κ1) is 36.6. The van der Waals surface area contributed by atoms with Crippen LogP contribution in [0.2, 0.25) is 0 Å². The first-order valence-corrected chi connectivity index (χ1v) is 20.6. The maximum absolute atomic E-state index is 14.6. The number of nitrogens with zero attached hydrogens (tertiary/aromatic N) is 3. The molecule has 0 bridgehead atoms. The molecule has 14 heteroatoms. The van der Waals surface area contributed by atoms with Gasteiger partial charge in [-0.3, -0.25) is 23.9 Å². The molecule has 2 saturated carbocycles. The maximum atomic E-state index is 14.6. The molecule has 4 amide bonds. The zero-order valence-electron chi connectivity index (χ0n) is 30.6. The fraction of sp³-hybridized carbons (Fsp3) is 0.415. The van der Waals surface area contributed by atoms with E-state index in [1.54, 1.807) is 25.1 Å². The van der Waals surface area contributed by atoms with E-state index in [0.29, 0.717) is 43.5 Å². The molecular weight excluding hydrogens is 721 g/mol. The average molecular weight is 765 g/mol. The lowest BCUT2D eigenvalue weighted by Crippen LogP contribution is -2.58. The fourth-order valence-electron chi connectivity index (χ4n) is 7.96. The Balaban J connectivity index is 1.10. The minimum Gasteiger partial charge on any atom is -0.390 e. The average Bonchev–Trinajstić information content (AvgIpc) is 4.08. The van der Waals surface area contributed by atoms with Crippen LogP contribution in [-0.2, 0) is 29.2 Å². The quantitative estimate of drug-likeness (QED) is 0.188. The number of pyridine rings is 1. The van der Waals surface area contributed by atoms with Gasteiger partial charge in [0.2, 0.25) is 21.8 Å². The summed E-state index contributed by atoms with van der Waals surface area (Å²) < 4.78 is 27.9. The van der Waals surface area contributed by atoms with Crippen LogP contribution in [0, 0.1) is 12.8 Å². The molecule has 55 heavy (non-hydrogen) atoms. The van der Waals surface area contributed by atoms with E-state index < -0.39 is 68.5 Å². The first-order chi connectivity index (χ1) is 26.5. The number of sulfonamides is 1. The van der Waals surface area contributed by atoms with E-state index in [4.69, 9.17) is 4.84 Å². The van der Waals surface area contributed by atoms with Crippen molar-refractivity contribution < 1.29 is 32.4 Å². The number of fused-ring (bicyclic) bond motifs is 5. The molecule has 0 radical (unpaired) electrons. The Labute approximate surface area is 320 Å². The molecule has 5 aliphatic rings. The van der Waals surface area contributed by atoms with E-state index in [1.165, 1.54) is 4.90 Å². The van der Waals surface area contributed by atoms with Gasteiger partial charge in [-0.25, -0.2) is 13.4 Å². The third-order valence-electron chi connectivity index (χ3n) is 11.2. The summed E-state index contributed by atoms with van der Waals surface area (Å²) in [6.07, 6.45) is 7.59. The summed E-state index contributed by atoms with van der Waals surface area (Å²) in [5, 5.41) is 9.78. The number of benzene rings is 2. The molecule has 3 N–H and O–H groups in total. The van der Waals surface area contributed by atoms with Gasteiger partial charge in [-0.2, -0.15) is 0 Å². The monoisotopic (exact) mass is 764 g/mol. The molecule has 2 aliphatic heterocycles. The van der Waals surface area contributed by atoms with Gasteiger partial charge in [-0.15, -0.1) is 0 Å². The molecular formula is C41H44N6O7S. The van der Waals surface area contributed by atoms with Crippen LogP contribution >= 0.6 is 0 Å². The van der Waals surface area contributed by atoms with Crippen LogP contribution < -0.4 is 15.4 Å². The van der Waals surface area contributed by atoms with Crippen LogP contribution in [0.15, 0.2) is 84.0 Å². The van der Waals surface area contributed by atoms with E-state index in [0.717, 1.165) is 35.1 Å². The van der Waals surface area contributed by atoms with Crippen LogP contribution in [0.3, 0.4) is 0 Å². The minimum atomic E-state index is -3.89. The number of nitrogens with one attached hydrogen (secondary N) is 3. The van der Waals surface area contributed by atoms with E-state index in [1.807, 2.05) is 60.7 Å². The molecule has 3 fully saturated rings. The SMILES string of the molecule is Cc1cccc(C(=O)N[C@H]2CCCCC/C=C\C3CC3(C(=O)NS(=O)(=O)C3CC3)NC(=O)[C@@H]3C[C@@H](ON=C4c5ccccc5-c5ccccc54)CN3C2=O)n1. The van der Waals surface area contributed by atoms with E-state index >= 15 is 0 Å². The largest absolute Gasteiger partial charge is 0.390 e. The van der Waals surface area contributed by atoms with Crippen molar-refractivity contribution >= 4 is 39.4 Å². The summed E-state index contributed by atoms with van der Waals surface area (Å²) in [5.41, 5.74) is 3.83. The molecule has 3 heterocycles. The van der Waals surface area contributed by atoms with Crippen LogP contribution in [0.5, 0.6) is 0 Å². The highest BCUT2D eigenvalue weighted by Gasteiger charge is 2.62. The van der Waals surface area contributed by atoms with Crippen molar-refractivity contribution in [2.75, 3.05) is 6.54 Å². The van der Waals surface area contributed by atoms with Crippen molar-refractivity contribution in [2.24, 2.45) is 11.1 Å². The Bertz CT molecular complexity index is 2170. The minimum absolute atomic E-state index is 0.00928. The molecule has 3 aromatic rings. The van der Waals surface area contributed by atoms with Crippen LogP contribution in [0.4, 0.5) is 0 Å². The van der Waals surface area contributed by atoms with Crippen molar-refractivity contribution in [3.8, 4) is 11.1 Å². The zero-order valence-corrected chi connectivity index (χ0v) is 31.4. The molecule has 13 nitrogen and oxygen atoms in total. The topological polar surface area (TPSA) is 176 Å². The smallest absolute Gasteiger partial charge is 0.270 e. The standard InChI is InChI=1S/C41H44N6O7S/c1-25-12-11-19-33(42-25)37(48)43-34-18-6-4-2-3-5-13-26-23-41(26,40(51)46-55(52,53)28-20-21-28)44-38(49)35-22-27(24-47(35)39(34)50)54-45-36-31-16-9-7-14-29(31)30-15-8-10-17-32(30)36/h5,7-17,19,26-28,34-35H,2-4,6,18,20-24H2,1H3,(H,43,48)(H,44,49)(H,46,51)/b13-5-/t26?,27-,34+,35+,41?/m1/s1. The number of oxime groups is 1. The number of carbonyl (C=O) groups is 4. The Morgan fingerprint density at radius 2 is 1.64 bits per heavy atom.